The standard InChI is InChI=1S/C20H22ClN5O3Si/c1-5-29-20(30(2,3)4)25-10-13(19(27)28)17-18(25)22-9-16(24-17)26-11-23-14-8-12(21)6-7-15(14)26/h6-11,20H,5H2,1-4H3,(H,27,28). The van der Waals surface area contributed by atoms with E-state index in [9.17, 15) is 9.90 Å². The number of benzene rings is 1. The Morgan fingerprint density at radius 1 is 1.30 bits per heavy atom. The molecule has 0 spiro atoms. The first-order chi connectivity index (χ1) is 14.2. The second-order valence-electron chi connectivity index (χ2n) is 8.08. The molecule has 10 heteroatoms. The summed E-state index contributed by atoms with van der Waals surface area (Å²) in [5.74, 6) is -0.832. The maximum atomic E-state index is 12.0. The zero-order valence-electron chi connectivity index (χ0n) is 17.1. The number of carboxylic acids is 1. The van der Waals surface area contributed by atoms with Crippen molar-refractivity contribution in [2.45, 2.75) is 32.4 Å². The van der Waals surface area contributed by atoms with Gasteiger partial charge in [-0.3, -0.25) is 4.57 Å². The van der Waals surface area contributed by atoms with Crippen molar-refractivity contribution < 1.29 is 14.6 Å². The highest BCUT2D eigenvalue weighted by atomic mass is 35.5. The van der Waals surface area contributed by atoms with Crippen LogP contribution in [0.5, 0.6) is 0 Å². The first-order valence-electron chi connectivity index (χ1n) is 9.56. The highest BCUT2D eigenvalue weighted by Crippen LogP contribution is 2.30. The van der Waals surface area contributed by atoms with Gasteiger partial charge in [-0.2, -0.15) is 0 Å². The molecule has 0 saturated heterocycles. The summed E-state index contributed by atoms with van der Waals surface area (Å²) in [5, 5.41) is 10.4. The average molecular weight is 444 g/mol. The lowest BCUT2D eigenvalue weighted by atomic mass is 10.3. The molecule has 4 aromatic rings. The third-order valence-corrected chi connectivity index (χ3v) is 6.97. The van der Waals surface area contributed by atoms with Gasteiger partial charge in [-0.05, 0) is 25.1 Å². The highest BCUT2D eigenvalue weighted by Gasteiger charge is 2.32. The number of carbonyl (C=O) groups is 1. The molecule has 0 bridgehead atoms. The van der Waals surface area contributed by atoms with Crippen LogP contribution < -0.4 is 0 Å². The largest absolute Gasteiger partial charge is 0.478 e. The van der Waals surface area contributed by atoms with Gasteiger partial charge in [0, 0.05) is 17.8 Å². The van der Waals surface area contributed by atoms with E-state index in [0.717, 1.165) is 11.0 Å². The summed E-state index contributed by atoms with van der Waals surface area (Å²) >= 11 is 6.05. The molecule has 1 unspecified atom stereocenters. The Morgan fingerprint density at radius 3 is 2.73 bits per heavy atom. The molecular weight excluding hydrogens is 422 g/mol. The minimum atomic E-state index is -1.84. The number of ether oxygens (including phenoxy) is 1. The Bertz CT molecular complexity index is 1260. The Kier molecular flexibility index (Phi) is 5.13. The summed E-state index contributed by atoms with van der Waals surface area (Å²) in [4.78, 5) is 25.5. The third kappa shape index (κ3) is 3.49. The predicted octanol–water partition coefficient (Wildman–Crippen LogP) is 4.53. The maximum absolute atomic E-state index is 12.0. The van der Waals surface area contributed by atoms with Gasteiger partial charge in [0.2, 0.25) is 0 Å². The molecule has 1 N–H and O–H groups in total. The van der Waals surface area contributed by atoms with Gasteiger partial charge in [0.1, 0.15) is 31.3 Å². The van der Waals surface area contributed by atoms with Gasteiger partial charge in [0.15, 0.2) is 11.5 Å². The zero-order chi connectivity index (χ0) is 21.6. The topological polar surface area (TPSA) is 95.1 Å². The van der Waals surface area contributed by atoms with Crippen molar-refractivity contribution in [1.29, 1.82) is 0 Å². The number of hydrogen-bond acceptors (Lipinski definition) is 5. The Morgan fingerprint density at radius 2 is 2.07 bits per heavy atom. The summed E-state index contributed by atoms with van der Waals surface area (Å²) in [6, 6.07) is 5.38. The number of fused-ring (bicyclic) bond motifs is 2. The number of nitrogens with zero attached hydrogens (tertiary/aromatic N) is 5. The van der Waals surface area contributed by atoms with Crippen LogP contribution in [0.1, 0.15) is 23.1 Å². The molecular formula is C20H22ClN5O3Si. The Hall–Kier alpha value is -2.75. The van der Waals surface area contributed by atoms with Gasteiger partial charge in [-0.1, -0.05) is 31.2 Å². The van der Waals surface area contributed by atoms with Crippen molar-refractivity contribution in [3.8, 4) is 5.82 Å². The van der Waals surface area contributed by atoms with Gasteiger partial charge in [-0.15, -0.1) is 0 Å². The molecule has 0 aliphatic rings. The van der Waals surface area contributed by atoms with Gasteiger partial charge in [0.05, 0.1) is 17.2 Å². The SMILES string of the molecule is CCOC(n1cc(C(=O)O)c2nc(-n3cnc4cc(Cl)ccc43)cnc21)[Si](C)(C)C. The number of carboxylic acid groups (broad SMARTS) is 1. The molecule has 1 aromatic carbocycles. The van der Waals surface area contributed by atoms with Crippen LogP contribution in [-0.4, -0.2) is 49.8 Å². The minimum Gasteiger partial charge on any atom is -0.478 e. The summed E-state index contributed by atoms with van der Waals surface area (Å²) in [7, 11) is -1.84. The predicted molar refractivity (Wildman–Crippen MR) is 118 cm³/mol. The lowest BCUT2D eigenvalue weighted by molar-refractivity contribution is 0.0652. The van der Waals surface area contributed by atoms with E-state index in [1.165, 1.54) is 0 Å². The van der Waals surface area contributed by atoms with Crippen LogP contribution >= 0.6 is 11.6 Å². The molecule has 3 heterocycles. The fourth-order valence-electron chi connectivity index (χ4n) is 3.53. The van der Waals surface area contributed by atoms with Gasteiger partial charge in [-0.25, -0.2) is 19.7 Å². The van der Waals surface area contributed by atoms with E-state index in [1.807, 2.05) is 17.6 Å². The number of rotatable bonds is 6. The van der Waals surface area contributed by atoms with E-state index < -0.39 is 14.0 Å². The lowest BCUT2D eigenvalue weighted by Gasteiger charge is -2.30. The van der Waals surface area contributed by atoms with Crippen molar-refractivity contribution in [3.05, 3.63) is 47.5 Å². The first kappa shape index (κ1) is 20.5. The summed E-state index contributed by atoms with van der Waals surface area (Å²) in [6.45, 7) is 8.96. The van der Waals surface area contributed by atoms with Crippen LogP contribution in [0.4, 0.5) is 0 Å². The van der Waals surface area contributed by atoms with Crippen molar-refractivity contribution in [2.75, 3.05) is 6.61 Å². The van der Waals surface area contributed by atoms with E-state index in [1.54, 1.807) is 35.4 Å². The number of aromatic nitrogens is 5. The summed E-state index contributed by atoms with van der Waals surface area (Å²) in [6.07, 6.45) is 4.83. The Balaban J connectivity index is 1.92. The molecule has 0 radical (unpaired) electrons. The van der Waals surface area contributed by atoms with Gasteiger partial charge < -0.3 is 14.4 Å². The van der Waals surface area contributed by atoms with E-state index in [2.05, 4.69) is 34.6 Å². The van der Waals surface area contributed by atoms with Crippen LogP contribution in [0.15, 0.2) is 36.9 Å². The van der Waals surface area contributed by atoms with Crippen LogP contribution in [-0.2, 0) is 4.74 Å². The molecule has 8 nitrogen and oxygen atoms in total. The number of halogens is 1. The number of imidazole rings is 1. The second kappa shape index (κ2) is 7.49. The van der Waals surface area contributed by atoms with E-state index in [0.29, 0.717) is 28.6 Å². The van der Waals surface area contributed by atoms with E-state index in [-0.39, 0.29) is 11.4 Å². The summed E-state index contributed by atoms with van der Waals surface area (Å²) < 4.78 is 9.58. The molecule has 0 aliphatic carbocycles. The molecule has 3 aromatic heterocycles. The van der Waals surface area contributed by atoms with Crippen LogP contribution in [0.3, 0.4) is 0 Å². The molecule has 0 aliphatic heterocycles. The van der Waals surface area contributed by atoms with Crippen LogP contribution in [0.2, 0.25) is 24.7 Å². The fourth-order valence-corrected chi connectivity index (χ4v) is 5.39. The number of aromatic carboxylic acids is 1. The second-order valence-corrected chi connectivity index (χ2v) is 13.7. The molecule has 0 amide bonds. The van der Waals surface area contributed by atoms with Crippen LogP contribution in [0, 0.1) is 0 Å². The van der Waals surface area contributed by atoms with Crippen molar-refractivity contribution in [1.82, 2.24) is 24.1 Å². The molecule has 0 saturated carbocycles. The normalized spacial score (nSPS) is 13.2. The van der Waals surface area contributed by atoms with E-state index in [4.69, 9.17) is 16.3 Å². The van der Waals surface area contributed by atoms with Crippen molar-refractivity contribution >= 4 is 47.8 Å². The van der Waals surface area contributed by atoms with Crippen molar-refractivity contribution in [2.24, 2.45) is 0 Å². The average Bonchev–Trinajstić information content (AvgIpc) is 3.25. The number of hydrogen-bond donors (Lipinski definition) is 1. The third-order valence-electron chi connectivity index (χ3n) is 4.81. The molecule has 1 atom stereocenters. The maximum Gasteiger partial charge on any atom is 0.339 e. The molecule has 156 valence electrons. The molecule has 0 fully saturated rings. The first-order valence-corrected chi connectivity index (χ1v) is 13.5. The zero-order valence-corrected chi connectivity index (χ0v) is 18.9. The van der Waals surface area contributed by atoms with Crippen molar-refractivity contribution in [3.63, 3.8) is 0 Å². The van der Waals surface area contributed by atoms with Crippen LogP contribution in [0.25, 0.3) is 28.0 Å². The lowest BCUT2D eigenvalue weighted by Crippen LogP contribution is -2.37. The smallest absolute Gasteiger partial charge is 0.339 e. The fraction of sp³-hybridized carbons (Fsp3) is 0.300. The molecule has 30 heavy (non-hydrogen) atoms. The van der Waals surface area contributed by atoms with Gasteiger partial charge in [0.25, 0.3) is 0 Å². The quantitative estimate of drug-likeness (QED) is 0.440. The van der Waals surface area contributed by atoms with Gasteiger partial charge >= 0.3 is 5.97 Å². The summed E-state index contributed by atoms with van der Waals surface area (Å²) in [5.41, 5.74) is 2.42. The Labute approximate surface area is 179 Å². The monoisotopic (exact) mass is 443 g/mol. The van der Waals surface area contributed by atoms with E-state index >= 15 is 0 Å². The highest BCUT2D eigenvalue weighted by molar-refractivity contribution is 6.76. The molecule has 4 rings (SSSR count). The minimum absolute atomic E-state index is 0.0924.